The minimum Gasteiger partial charge on any atom is -0.253 e. The number of pyridine rings is 1. The van der Waals surface area contributed by atoms with Crippen LogP contribution in [0.4, 0.5) is 8.78 Å². The van der Waals surface area contributed by atoms with Gasteiger partial charge in [-0.3, -0.25) is 4.98 Å². The summed E-state index contributed by atoms with van der Waals surface area (Å²) in [5, 5.41) is 8.40. The number of hydrogen-bond acceptors (Lipinski definition) is 2. The van der Waals surface area contributed by atoms with Crippen LogP contribution in [0.3, 0.4) is 0 Å². The molecule has 0 aromatic carbocycles. The highest BCUT2D eigenvalue weighted by molar-refractivity contribution is 6.32. The summed E-state index contributed by atoms with van der Waals surface area (Å²) in [6, 6.07) is 1.91. The zero-order valence-electron chi connectivity index (χ0n) is 7.39. The van der Waals surface area contributed by atoms with Crippen LogP contribution in [0, 0.1) is 18.3 Å². The van der Waals surface area contributed by atoms with Gasteiger partial charge in [0, 0.05) is 6.20 Å². The summed E-state index contributed by atoms with van der Waals surface area (Å²) in [4.78, 5) is 3.52. The van der Waals surface area contributed by atoms with Gasteiger partial charge in [0.2, 0.25) is 0 Å². The molecule has 1 heterocycles. The highest BCUT2D eigenvalue weighted by atomic mass is 35.5. The number of aromatic nitrogens is 1. The van der Waals surface area contributed by atoms with Crippen LogP contribution in [0.5, 0.6) is 0 Å². The third kappa shape index (κ3) is 1.99. The topological polar surface area (TPSA) is 36.7 Å². The Kier molecular flexibility index (Phi) is 3.37. The Morgan fingerprint density at radius 1 is 1.64 bits per heavy atom. The predicted octanol–water partition coefficient (Wildman–Crippen LogP) is 3.05. The average Bonchev–Trinajstić information content (AvgIpc) is 2.13. The monoisotopic (exact) mass is 216 g/mol. The Bertz CT molecular complexity index is 385. The minimum absolute atomic E-state index is 0.0484. The van der Waals surface area contributed by atoms with Crippen molar-refractivity contribution in [1.29, 1.82) is 5.26 Å². The summed E-state index contributed by atoms with van der Waals surface area (Å²) >= 11 is 5.68. The van der Waals surface area contributed by atoms with Gasteiger partial charge in [-0.25, -0.2) is 8.78 Å². The summed E-state index contributed by atoms with van der Waals surface area (Å²) in [5.41, 5.74) is 0.659. The van der Waals surface area contributed by atoms with Crippen LogP contribution in [0.2, 0.25) is 5.02 Å². The maximum Gasteiger partial charge on any atom is 0.281 e. The van der Waals surface area contributed by atoms with Crippen molar-refractivity contribution in [3.8, 4) is 6.07 Å². The number of rotatable bonds is 2. The number of nitrogens with zero attached hydrogens (tertiary/aromatic N) is 2. The second kappa shape index (κ2) is 4.34. The molecule has 1 rings (SSSR count). The third-order valence-corrected chi connectivity index (χ3v) is 2.35. The van der Waals surface area contributed by atoms with E-state index in [1.54, 1.807) is 6.92 Å². The number of halogens is 3. The first-order valence-electron chi connectivity index (χ1n) is 3.87. The van der Waals surface area contributed by atoms with E-state index in [1.165, 1.54) is 6.20 Å². The van der Waals surface area contributed by atoms with E-state index in [1.807, 2.05) is 6.07 Å². The Hall–Kier alpha value is -1.21. The first-order valence-corrected chi connectivity index (χ1v) is 4.24. The molecule has 0 atom stereocenters. The van der Waals surface area contributed by atoms with Crippen LogP contribution in [0.1, 0.15) is 23.2 Å². The van der Waals surface area contributed by atoms with Crippen molar-refractivity contribution in [1.82, 2.24) is 4.98 Å². The lowest BCUT2D eigenvalue weighted by Gasteiger charge is -2.07. The third-order valence-electron chi connectivity index (χ3n) is 1.87. The molecule has 0 saturated heterocycles. The molecule has 1 aromatic heterocycles. The Labute approximate surface area is 85.1 Å². The molecule has 0 aliphatic heterocycles. The first kappa shape index (κ1) is 10.9. The van der Waals surface area contributed by atoms with Crippen LogP contribution in [0.15, 0.2) is 6.20 Å². The molecule has 14 heavy (non-hydrogen) atoms. The van der Waals surface area contributed by atoms with Gasteiger partial charge in [-0.1, -0.05) is 11.6 Å². The maximum atomic E-state index is 12.3. The van der Waals surface area contributed by atoms with Gasteiger partial charge in [0.1, 0.15) is 5.69 Å². The van der Waals surface area contributed by atoms with Gasteiger partial charge in [-0.2, -0.15) is 5.26 Å². The van der Waals surface area contributed by atoms with Crippen molar-refractivity contribution in [2.75, 3.05) is 0 Å². The van der Waals surface area contributed by atoms with Crippen LogP contribution >= 0.6 is 11.6 Å². The van der Waals surface area contributed by atoms with Gasteiger partial charge in [-0.05, 0) is 18.1 Å². The Morgan fingerprint density at radius 3 is 2.79 bits per heavy atom. The van der Waals surface area contributed by atoms with E-state index in [0.717, 1.165) is 0 Å². The van der Waals surface area contributed by atoms with E-state index in [0.29, 0.717) is 11.1 Å². The lowest BCUT2D eigenvalue weighted by molar-refractivity contribution is 0.146. The highest BCUT2D eigenvalue weighted by Gasteiger charge is 2.16. The smallest absolute Gasteiger partial charge is 0.253 e. The second-order valence-corrected chi connectivity index (χ2v) is 3.12. The normalized spacial score (nSPS) is 10.3. The summed E-state index contributed by atoms with van der Waals surface area (Å²) in [5.74, 6) is 0. The van der Waals surface area contributed by atoms with E-state index < -0.39 is 12.1 Å². The zero-order chi connectivity index (χ0) is 10.7. The van der Waals surface area contributed by atoms with Gasteiger partial charge in [0.15, 0.2) is 0 Å². The van der Waals surface area contributed by atoms with Gasteiger partial charge in [0.25, 0.3) is 6.43 Å². The molecular weight excluding hydrogens is 210 g/mol. The maximum absolute atomic E-state index is 12.3. The second-order valence-electron chi connectivity index (χ2n) is 2.74. The molecule has 0 aliphatic rings. The van der Waals surface area contributed by atoms with Crippen molar-refractivity contribution in [2.45, 2.75) is 19.8 Å². The molecule has 74 valence electrons. The van der Waals surface area contributed by atoms with Crippen molar-refractivity contribution in [3.63, 3.8) is 0 Å². The molecule has 1 aromatic rings. The largest absolute Gasteiger partial charge is 0.281 e. The van der Waals surface area contributed by atoms with Crippen molar-refractivity contribution in [2.24, 2.45) is 0 Å². The quantitative estimate of drug-likeness (QED) is 0.762. The predicted molar refractivity (Wildman–Crippen MR) is 48.3 cm³/mol. The van der Waals surface area contributed by atoms with Crippen LogP contribution in [0.25, 0.3) is 0 Å². The van der Waals surface area contributed by atoms with Crippen LogP contribution in [-0.2, 0) is 6.42 Å². The summed E-state index contributed by atoms with van der Waals surface area (Å²) in [7, 11) is 0. The van der Waals surface area contributed by atoms with E-state index in [-0.39, 0.29) is 11.4 Å². The molecule has 0 fully saturated rings. The van der Waals surface area contributed by atoms with E-state index >= 15 is 0 Å². The molecule has 0 saturated carbocycles. The van der Waals surface area contributed by atoms with Gasteiger partial charge >= 0.3 is 0 Å². The van der Waals surface area contributed by atoms with E-state index in [4.69, 9.17) is 16.9 Å². The van der Waals surface area contributed by atoms with Crippen LogP contribution < -0.4 is 0 Å². The number of alkyl halides is 2. The van der Waals surface area contributed by atoms with E-state index in [2.05, 4.69) is 4.98 Å². The number of nitriles is 1. The fourth-order valence-corrected chi connectivity index (χ4v) is 1.30. The van der Waals surface area contributed by atoms with Gasteiger partial charge in [-0.15, -0.1) is 0 Å². The first-order chi connectivity index (χ1) is 6.57. The molecule has 0 spiro atoms. The minimum atomic E-state index is -2.68. The number of hydrogen-bond donors (Lipinski definition) is 0. The average molecular weight is 217 g/mol. The van der Waals surface area contributed by atoms with Gasteiger partial charge in [0.05, 0.1) is 17.5 Å². The Balaban J connectivity index is 3.20. The summed E-state index contributed by atoms with van der Waals surface area (Å²) in [6.07, 6.45) is -1.29. The molecule has 0 bridgehead atoms. The molecule has 0 aliphatic carbocycles. The van der Waals surface area contributed by atoms with Crippen molar-refractivity contribution in [3.05, 3.63) is 28.0 Å². The van der Waals surface area contributed by atoms with E-state index in [9.17, 15) is 8.78 Å². The molecule has 0 N–H and O–H groups in total. The SMILES string of the molecule is Cc1c(CC#N)cnc(C(F)F)c1Cl. The molecule has 0 radical (unpaired) electrons. The molecule has 2 nitrogen and oxygen atoms in total. The highest BCUT2D eigenvalue weighted by Crippen LogP contribution is 2.29. The molecule has 0 amide bonds. The fraction of sp³-hybridized carbons (Fsp3) is 0.333. The lowest BCUT2D eigenvalue weighted by atomic mass is 10.1. The molecule has 0 unspecified atom stereocenters. The summed E-state index contributed by atoms with van der Waals surface area (Å²) in [6.45, 7) is 1.60. The molecule has 5 heteroatoms. The lowest BCUT2D eigenvalue weighted by Crippen LogP contribution is -1.98. The summed E-state index contributed by atoms with van der Waals surface area (Å²) < 4.78 is 24.6. The Morgan fingerprint density at radius 2 is 2.29 bits per heavy atom. The standard InChI is InChI=1S/C9H7ClF2N2/c1-5-6(2-3-13)4-14-8(7(5)10)9(11)12/h4,9H,2H2,1H3. The van der Waals surface area contributed by atoms with Crippen LogP contribution in [-0.4, -0.2) is 4.98 Å². The van der Waals surface area contributed by atoms with Crippen molar-refractivity contribution < 1.29 is 8.78 Å². The van der Waals surface area contributed by atoms with Crippen molar-refractivity contribution >= 4 is 11.6 Å². The zero-order valence-corrected chi connectivity index (χ0v) is 8.15. The fourth-order valence-electron chi connectivity index (χ4n) is 1.05. The van der Waals surface area contributed by atoms with Gasteiger partial charge < -0.3 is 0 Å². The molecular formula is C9H7ClF2N2.